The maximum absolute atomic E-state index is 14.0. The Morgan fingerprint density at radius 3 is 2.49 bits per heavy atom. The lowest BCUT2D eigenvalue weighted by Crippen LogP contribution is -2.20. The Morgan fingerprint density at radius 2 is 1.80 bits per heavy atom. The van der Waals surface area contributed by atoms with E-state index in [0.717, 1.165) is 31.0 Å². The summed E-state index contributed by atoms with van der Waals surface area (Å²) in [4.78, 5) is 28.4. The van der Waals surface area contributed by atoms with Crippen LogP contribution < -0.4 is 20.7 Å². The maximum Gasteiger partial charge on any atom is 0.323 e. The summed E-state index contributed by atoms with van der Waals surface area (Å²) in [6.45, 7) is 2.45. The number of nitrogens with zero attached hydrogens (tertiary/aromatic N) is 1. The molecule has 3 N–H and O–H groups in total. The average Bonchev–Trinajstić information content (AvgIpc) is 3.62. The van der Waals surface area contributed by atoms with E-state index < -0.39 is 23.3 Å². The number of benzene rings is 2. The predicted molar refractivity (Wildman–Crippen MR) is 125 cm³/mol. The number of alkyl halides is 2. The van der Waals surface area contributed by atoms with Crippen molar-refractivity contribution < 1.29 is 27.5 Å². The number of nitrogens with one attached hydrogen (secondary N) is 3. The number of hydrogen-bond acceptors (Lipinski definition) is 4. The van der Waals surface area contributed by atoms with Crippen LogP contribution in [-0.4, -0.2) is 16.9 Å². The number of aromatic nitrogens is 1. The van der Waals surface area contributed by atoms with Gasteiger partial charge >= 0.3 is 6.03 Å². The molecule has 1 heterocycles. The van der Waals surface area contributed by atoms with Gasteiger partial charge in [-0.3, -0.25) is 4.79 Å². The fourth-order valence-corrected chi connectivity index (χ4v) is 3.26. The zero-order chi connectivity index (χ0) is 25.2. The van der Waals surface area contributed by atoms with E-state index in [-0.39, 0.29) is 17.5 Å². The fourth-order valence-electron chi connectivity index (χ4n) is 3.26. The highest BCUT2D eigenvalue weighted by Gasteiger charge is 2.30. The summed E-state index contributed by atoms with van der Waals surface area (Å²) in [6, 6.07) is 10.0. The first-order valence-electron chi connectivity index (χ1n) is 10.9. The largest absolute Gasteiger partial charge is 0.457 e. The van der Waals surface area contributed by atoms with Crippen molar-refractivity contribution in [2.24, 2.45) is 5.92 Å². The molecule has 2 aromatic carbocycles. The van der Waals surface area contributed by atoms with Crippen molar-refractivity contribution in [3.05, 3.63) is 71.7 Å². The summed E-state index contributed by atoms with van der Waals surface area (Å²) in [6.07, 6.45) is 3.29. The maximum atomic E-state index is 14.0. The average molecular weight is 484 g/mol. The van der Waals surface area contributed by atoms with Crippen LogP contribution in [0, 0.1) is 18.7 Å². The Hall–Kier alpha value is -4.08. The van der Waals surface area contributed by atoms with Crippen molar-refractivity contribution in [3.8, 4) is 11.5 Å². The Labute approximate surface area is 199 Å². The van der Waals surface area contributed by atoms with Crippen LogP contribution in [0.1, 0.15) is 30.9 Å². The highest BCUT2D eigenvalue weighted by molar-refractivity contribution is 6.00. The normalized spacial score (nSPS) is 13.2. The number of carbonyl (C=O) groups is 2. The van der Waals surface area contributed by atoms with Crippen molar-refractivity contribution in [1.82, 2.24) is 4.98 Å². The van der Waals surface area contributed by atoms with Gasteiger partial charge in [0.2, 0.25) is 5.91 Å². The minimum atomic E-state index is -3.17. The number of amides is 3. The smallest absolute Gasteiger partial charge is 0.323 e. The summed E-state index contributed by atoms with van der Waals surface area (Å²) in [5.74, 6) is -2.65. The Morgan fingerprint density at radius 1 is 1.03 bits per heavy atom. The van der Waals surface area contributed by atoms with Crippen LogP contribution in [0.2, 0.25) is 0 Å². The molecule has 1 fully saturated rings. The lowest BCUT2D eigenvalue weighted by atomic mass is 10.1. The second kappa shape index (κ2) is 9.65. The van der Waals surface area contributed by atoms with E-state index in [0.29, 0.717) is 35.5 Å². The standard InChI is InChI=1S/C25H23F3N4O3/c1-14-11-17(30-24(34)31-20-12-16(25(2,27)28)5-7-19(20)26)6-8-21(14)35-18-9-10-29-22(13-18)32-23(33)15-3-4-15/h5-13,15H,3-4H2,1-2H3,(H,29,32,33)(H2,30,31,34). The van der Waals surface area contributed by atoms with Crippen molar-refractivity contribution in [1.29, 1.82) is 0 Å². The molecule has 0 spiro atoms. The van der Waals surface area contributed by atoms with E-state index in [1.54, 1.807) is 37.3 Å². The predicted octanol–water partition coefficient (Wildman–Crippen LogP) is 6.43. The second-order valence-corrected chi connectivity index (χ2v) is 8.38. The molecule has 3 aromatic rings. The molecular formula is C25H23F3N4O3. The molecule has 3 amide bonds. The monoisotopic (exact) mass is 484 g/mol. The van der Waals surface area contributed by atoms with Crippen LogP contribution in [-0.2, 0) is 10.7 Å². The topological polar surface area (TPSA) is 92.3 Å². The minimum absolute atomic E-state index is 0.0499. The summed E-state index contributed by atoms with van der Waals surface area (Å²) >= 11 is 0. The number of rotatable bonds is 7. The number of halogens is 3. The molecule has 1 aromatic heterocycles. The van der Waals surface area contributed by atoms with E-state index in [1.165, 1.54) is 6.20 Å². The Bertz CT molecular complexity index is 1270. The minimum Gasteiger partial charge on any atom is -0.457 e. The van der Waals surface area contributed by atoms with Gasteiger partial charge in [0, 0.05) is 36.4 Å². The van der Waals surface area contributed by atoms with Crippen LogP contribution in [0.25, 0.3) is 0 Å². The molecule has 0 unspecified atom stereocenters. The first-order chi connectivity index (χ1) is 16.6. The number of hydrogen-bond donors (Lipinski definition) is 3. The molecular weight excluding hydrogens is 461 g/mol. The molecule has 1 aliphatic rings. The number of urea groups is 1. The molecule has 0 atom stereocenters. The number of anilines is 3. The Balaban J connectivity index is 1.40. The first-order valence-corrected chi connectivity index (χ1v) is 10.9. The third-order valence-corrected chi connectivity index (χ3v) is 5.31. The van der Waals surface area contributed by atoms with Crippen LogP contribution in [0.15, 0.2) is 54.7 Å². The van der Waals surface area contributed by atoms with E-state index >= 15 is 0 Å². The van der Waals surface area contributed by atoms with Crippen molar-refractivity contribution >= 4 is 29.1 Å². The van der Waals surface area contributed by atoms with Gasteiger partial charge in [0.15, 0.2) is 0 Å². The van der Waals surface area contributed by atoms with Gasteiger partial charge in [-0.1, -0.05) is 6.07 Å². The van der Waals surface area contributed by atoms with E-state index in [1.807, 2.05) is 0 Å². The summed E-state index contributed by atoms with van der Waals surface area (Å²) < 4.78 is 46.9. The SMILES string of the molecule is Cc1cc(NC(=O)Nc2cc(C(C)(F)F)ccc2F)ccc1Oc1ccnc(NC(=O)C2CC2)c1. The third-order valence-electron chi connectivity index (χ3n) is 5.31. The molecule has 0 saturated heterocycles. The number of pyridine rings is 1. The Kier molecular flexibility index (Phi) is 6.63. The van der Waals surface area contributed by atoms with Crippen LogP contribution in [0.5, 0.6) is 11.5 Å². The van der Waals surface area contributed by atoms with Crippen LogP contribution in [0.4, 0.5) is 35.2 Å². The molecule has 1 aliphatic carbocycles. The van der Waals surface area contributed by atoms with Crippen LogP contribution in [0.3, 0.4) is 0 Å². The summed E-state index contributed by atoms with van der Waals surface area (Å²) in [5, 5.41) is 7.54. The third kappa shape index (κ3) is 6.28. The van der Waals surface area contributed by atoms with E-state index in [4.69, 9.17) is 4.74 Å². The van der Waals surface area contributed by atoms with Gasteiger partial charge < -0.3 is 20.7 Å². The lowest BCUT2D eigenvalue weighted by Gasteiger charge is -2.14. The highest BCUT2D eigenvalue weighted by Crippen LogP contribution is 2.32. The molecule has 4 rings (SSSR count). The van der Waals surface area contributed by atoms with Gasteiger partial charge in [0.1, 0.15) is 23.1 Å². The number of carbonyl (C=O) groups excluding carboxylic acids is 2. The summed E-state index contributed by atoms with van der Waals surface area (Å²) in [7, 11) is 0. The van der Waals surface area contributed by atoms with Gasteiger partial charge in [0.25, 0.3) is 5.92 Å². The van der Waals surface area contributed by atoms with E-state index in [2.05, 4.69) is 20.9 Å². The van der Waals surface area contributed by atoms with E-state index in [9.17, 15) is 22.8 Å². The second-order valence-electron chi connectivity index (χ2n) is 8.38. The van der Waals surface area contributed by atoms with Crippen molar-refractivity contribution in [3.63, 3.8) is 0 Å². The van der Waals surface area contributed by atoms with Gasteiger partial charge in [-0.05, 0) is 61.7 Å². The van der Waals surface area contributed by atoms with Gasteiger partial charge in [0.05, 0.1) is 5.69 Å². The number of aryl methyl sites for hydroxylation is 1. The molecule has 7 nitrogen and oxygen atoms in total. The molecule has 10 heteroatoms. The summed E-state index contributed by atoms with van der Waals surface area (Å²) in [5.41, 5.74) is 0.289. The molecule has 0 radical (unpaired) electrons. The van der Waals surface area contributed by atoms with Crippen molar-refractivity contribution in [2.75, 3.05) is 16.0 Å². The molecule has 0 aliphatic heterocycles. The quantitative estimate of drug-likeness (QED) is 0.361. The molecule has 1 saturated carbocycles. The molecule has 182 valence electrons. The molecule has 0 bridgehead atoms. The van der Waals surface area contributed by atoms with Gasteiger partial charge in [-0.15, -0.1) is 0 Å². The van der Waals surface area contributed by atoms with Gasteiger partial charge in [-0.25, -0.2) is 22.9 Å². The fraction of sp³-hybridized carbons (Fsp3) is 0.240. The van der Waals surface area contributed by atoms with Crippen LogP contribution >= 0.6 is 0 Å². The van der Waals surface area contributed by atoms with Gasteiger partial charge in [-0.2, -0.15) is 0 Å². The lowest BCUT2D eigenvalue weighted by molar-refractivity contribution is -0.117. The zero-order valence-corrected chi connectivity index (χ0v) is 19.0. The molecule has 35 heavy (non-hydrogen) atoms. The number of ether oxygens (including phenoxy) is 1. The first kappa shape index (κ1) is 24.1. The zero-order valence-electron chi connectivity index (χ0n) is 19.0. The highest BCUT2D eigenvalue weighted by atomic mass is 19.3. The van der Waals surface area contributed by atoms with Crippen molar-refractivity contribution in [2.45, 2.75) is 32.6 Å².